The lowest BCUT2D eigenvalue weighted by Crippen LogP contribution is -2.31. The topological polar surface area (TPSA) is 33.2 Å². The van der Waals surface area contributed by atoms with Gasteiger partial charge in [0.05, 0.1) is 23.2 Å². The van der Waals surface area contributed by atoms with Crippen LogP contribution in [-0.2, 0) is 17.8 Å². The number of amides is 1. The second-order valence-corrected chi connectivity index (χ2v) is 8.44. The van der Waals surface area contributed by atoms with Crippen molar-refractivity contribution in [2.45, 2.75) is 13.0 Å². The summed E-state index contributed by atoms with van der Waals surface area (Å²) in [6.07, 6.45) is 0.266. The van der Waals surface area contributed by atoms with E-state index < -0.39 is 0 Å². The third-order valence-corrected chi connectivity index (χ3v) is 6.27. The molecule has 0 N–H and O–H groups in total. The third kappa shape index (κ3) is 4.18. The maximum Gasteiger partial charge on any atom is 0.233 e. The normalized spacial score (nSPS) is 11.1. The van der Waals surface area contributed by atoms with Gasteiger partial charge in [0, 0.05) is 0 Å². The summed E-state index contributed by atoms with van der Waals surface area (Å²) in [6.45, 7) is 0.412. The Labute approximate surface area is 183 Å². The van der Waals surface area contributed by atoms with Gasteiger partial charge in [-0.3, -0.25) is 9.69 Å². The van der Waals surface area contributed by atoms with Crippen molar-refractivity contribution in [1.29, 1.82) is 0 Å². The fourth-order valence-electron chi connectivity index (χ4n) is 3.65. The minimum absolute atomic E-state index is 0.0429. The van der Waals surface area contributed by atoms with Crippen molar-refractivity contribution < 1.29 is 9.18 Å². The summed E-state index contributed by atoms with van der Waals surface area (Å²) >= 11 is 1.33. The molecule has 5 aromatic rings. The highest BCUT2D eigenvalue weighted by atomic mass is 32.1. The summed E-state index contributed by atoms with van der Waals surface area (Å²) in [7, 11) is 0. The molecular formula is C26H19FN2OS. The van der Waals surface area contributed by atoms with Gasteiger partial charge >= 0.3 is 0 Å². The Morgan fingerprint density at radius 3 is 2.45 bits per heavy atom. The largest absolute Gasteiger partial charge is 0.283 e. The molecule has 0 bridgehead atoms. The zero-order chi connectivity index (χ0) is 21.2. The summed E-state index contributed by atoms with van der Waals surface area (Å²) < 4.78 is 14.4. The summed E-state index contributed by atoms with van der Waals surface area (Å²) in [4.78, 5) is 19.7. The first kappa shape index (κ1) is 19.4. The van der Waals surface area contributed by atoms with Gasteiger partial charge in [-0.1, -0.05) is 84.1 Å². The molecule has 1 amide bonds. The van der Waals surface area contributed by atoms with E-state index in [-0.39, 0.29) is 18.1 Å². The van der Waals surface area contributed by atoms with Crippen LogP contribution in [0.3, 0.4) is 0 Å². The third-order valence-electron chi connectivity index (χ3n) is 5.22. The maximum atomic E-state index is 13.7. The Morgan fingerprint density at radius 1 is 0.839 bits per heavy atom. The zero-order valence-electron chi connectivity index (χ0n) is 16.7. The Balaban J connectivity index is 1.49. The predicted octanol–water partition coefficient (Wildman–Crippen LogP) is 6.36. The second kappa shape index (κ2) is 8.28. The van der Waals surface area contributed by atoms with E-state index >= 15 is 0 Å². The Bertz CT molecular complexity index is 1380. The number of thiazole rings is 1. The van der Waals surface area contributed by atoms with Gasteiger partial charge in [-0.15, -0.1) is 0 Å². The number of hydrogen-bond donors (Lipinski definition) is 0. The summed E-state index contributed by atoms with van der Waals surface area (Å²) in [5.74, 6) is -0.349. The molecule has 3 nitrogen and oxygen atoms in total. The summed E-state index contributed by atoms with van der Waals surface area (Å²) in [6, 6.07) is 28.5. The number of nitrogens with zero attached hydrogens (tertiary/aromatic N) is 2. The highest BCUT2D eigenvalue weighted by Crippen LogP contribution is 2.31. The molecule has 0 unspecified atom stereocenters. The lowest BCUT2D eigenvalue weighted by Gasteiger charge is -2.20. The fraction of sp³-hybridized carbons (Fsp3) is 0.0769. The molecule has 0 spiro atoms. The molecule has 0 aliphatic heterocycles. The van der Waals surface area contributed by atoms with E-state index in [4.69, 9.17) is 0 Å². The number of carbonyl (C=O) groups is 1. The van der Waals surface area contributed by atoms with Crippen LogP contribution in [0.25, 0.3) is 21.0 Å². The second-order valence-electron chi connectivity index (χ2n) is 7.43. The molecule has 1 aromatic heterocycles. The van der Waals surface area contributed by atoms with E-state index in [2.05, 4.69) is 17.1 Å². The lowest BCUT2D eigenvalue weighted by atomic mass is 10.0. The maximum absolute atomic E-state index is 13.7. The van der Waals surface area contributed by atoms with Crippen molar-refractivity contribution in [2.75, 3.05) is 4.90 Å². The highest BCUT2D eigenvalue weighted by Gasteiger charge is 2.21. The molecule has 152 valence electrons. The lowest BCUT2D eigenvalue weighted by molar-refractivity contribution is -0.118. The Hall–Kier alpha value is -3.57. The number of benzene rings is 4. The molecule has 31 heavy (non-hydrogen) atoms. The smallest absolute Gasteiger partial charge is 0.233 e. The van der Waals surface area contributed by atoms with Crippen LogP contribution in [0, 0.1) is 5.82 Å². The van der Waals surface area contributed by atoms with Crippen molar-refractivity contribution in [3.05, 3.63) is 108 Å². The van der Waals surface area contributed by atoms with Gasteiger partial charge in [0.15, 0.2) is 5.13 Å². The van der Waals surface area contributed by atoms with E-state index in [9.17, 15) is 9.18 Å². The number of carbonyl (C=O) groups excluding carboxylic acids is 1. The molecule has 0 saturated carbocycles. The van der Waals surface area contributed by atoms with Crippen LogP contribution < -0.4 is 4.90 Å². The van der Waals surface area contributed by atoms with Crippen LogP contribution in [0.4, 0.5) is 9.52 Å². The van der Waals surface area contributed by atoms with Crippen LogP contribution in [0.2, 0.25) is 0 Å². The Kier molecular flexibility index (Phi) is 5.18. The number of anilines is 1. The van der Waals surface area contributed by atoms with Crippen molar-refractivity contribution >= 4 is 43.4 Å². The minimum Gasteiger partial charge on any atom is -0.283 e. The van der Waals surface area contributed by atoms with Crippen LogP contribution in [0.5, 0.6) is 0 Å². The van der Waals surface area contributed by atoms with Gasteiger partial charge in [0.2, 0.25) is 5.91 Å². The van der Waals surface area contributed by atoms with Crippen molar-refractivity contribution in [3.8, 4) is 0 Å². The SMILES string of the molecule is O=C(Cc1ccc2ccccc2c1)N(Cc1ccccc1)c1nc2ccc(F)cc2s1. The van der Waals surface area contributed by atoms with Gasteiger partial charge in [-0.2, -0.15) is 0 Å². The molecule has 0 aliphatic rings. The molecule has 0 saturated heterocycles. The summed E-state index contributed by atoms with van der Waals surface area (Å²) in [5.41, 5.74) is 2.66. The molecule has 5 rings (SSSR count). The standard InChI is InChI=1S/C26H19FN2OS/c27-22-12-13-23-24(16-22)31-26(28-23)29(17-18-6-2-1-3-7-18)25(30)15-19-10-11-20-8-4-5-9-21(20)14-19/h1-14,16H,15,17H2. The van der Waals surface area contributed by atoms with Gasteiger partial charge < -0.3 is 0 Å². The number of halogens is 1. The van der Waals surface area contributed by atoms with Crippen LogP contribution in [-0.4, -0.2) is 10.9 Å². The van der Waals surface area contributed by atoms with Gasteiger partial charge in [-0.25, -0.2) is 9.37 Å². The number of hydrogen-bond acceptors (Lipinski definition) is 3. The van der Waals surface area contributed by atoms with Gasteiger partial charge in [-0.05, 0) is 40.1 Å². The number of aromatic nitrogens is 1. The predicted molar refractivity (Wildman–Crippen MR) is 125 cm³/mol. The fourth-order valence-corrected chi connectivity index (χ4v) is 4.66. The van der Waals surface area contributed by atoms with E-state index in [0.29, 0.717) is 17.2 Å². The first-order valence-corrected chi connectivity index (χ1v) is 10.9. The van der Waals surface area contributed by atoms with E-state index in [1.165, 1.54) is 23.5 Å². The van der Waals surface area contributed by atoms with E-state index in [1.54, 1.807) is 11.0 Å². The van der Waals surface area contributed by atoms with Crippen LogP contribution in [0.15, 0.2) is 91.0 Å². The first-order chi connectivity index (χ1) is 15.2. The van der Waals surface area contributed by atoms with Crippen molar-refractivity contribution in [3.63, 3.8) is 0 Å². The quantitative estimate of drug-likeness (QED) is 0.327. The zero-order valence-corrected chi connectivity index (χ0v) is 17.5. The van der Waals surface area contributed by atoms with Gasteiger partial charge in [0.1, 0.15) is 5.82 Å². The molecule has 1 heterocycles. The molecule has 0 radical (unpaired) electrons. The molecule has 4 aromatic carbocycles. The van der Waals surface area contributed by atoms with Crippen LogP contribution in [0.1, 0.15) is 11.1 Å². The average molecular weight is 427 g/mol. The highest BCUT2D eigenvalue weighted by molar-refractivity contribution is 7.22. The molecule has 0 aliphatic carbocycles. The minimum atomic E-state index is -0.306. The average Bonchev–Trinajstić information content (AvgIpc) is 3.20. The van der Waals surface area contributed by atoms with Crippen molar-refractivity contribution in [2.24, 2.45) is 0 Å². The summed E-state index contributed by atoms with van der Waals surface area (Å²) in [5, 5.41) is 2.83. The molecule has 0 atom stereocenters. The Morgan fingerprint density at radius 2 is 1.61 bits per heavy atom. The van der Waals surface area contributed by atoms with Crippen LogP contribution >= 0.6 is 11.3 Å². The molecule has 5 heteroatoms. The molecule has 0 fully saturated rings. The van der Waals surface area contributed by atoms with E-state index in [1.807, 2.05) is 60.7 Å². The van der Waals surface area contributed by atoms with Crippen molar-refractivity contribution in [1.82, 2.24) is 4.98 Å². The number of fused-ring (bicyclic) bond motifs is 2. The van der Waals surface area contributed by atoms with E-state index in [0.717, 1.165) is 26.6 Å². The first-order valence-electron chi connectivity index (χ1n) is 10.0. The molecular weight excluding hydrogens is 407 g/mol. The number of rotatable bonds is 5. The van der Waals surface area contributed by atoms with Gasteiger partial charge in [0.25, 0.3) is 0 Å². The monoisotopic (exact) mass is 426 g/mol.